The topological polar surface area (TPSA) is 79.5 Å². The van der Waals surface area contributed by atoms with Gasteiger partial charge in [0.2, 0.25) is 0 Å². The number of anilines is 1. The van der Waals surface area contributed by atoms with Crippen LogP contribution in [0.15, 0.2) is 28.7 Å². The third-order valence-electron chi connectivity index (χ3n) is 4.60. The zero-order valence-electron chi connectivity index (χ0n) is 14.8. The van der Waals surface area contributed by atoms with Gasteiger partial charge in [-0.05, 0) is 36.5 Å². The van der Waals surface area contributed by atoms with Crippen molar-refractivity contribution in [2.24, 2.45) is 5.41 Å². The number of hydrogen-bond donors (Lipinski definition) is 2. The Balaban J connectivity index is 1.83. The molecule has 1 heterocycles. The van der Waals surface area contributed by atoms with Crippen LogP contribution < -0.4 is 5.32 Å². The highest BCUT2D eigenvalue weighted by atomic mass is 16.4. The molecule has 0 unspecified atom stereocenters. The van der Waals surface area contributed by atoms with Crippen LogP contribution in [0, 0.1) is 12.3 Å². The Hall–Kier alpha value is -2.40. The van der Waals surface area contributed by atoms with Gasteiger partial charge in [0.15, 0.2) is 11.5 Å². The summed E-state index contributed by atoms with van der Waals surface area (Å²) in [5.74, 6) is 0.505. The SMILES string of the molecule is Cc1c(C(=O)Nc2ccc(CCO)cc2)oc2c1C(=O)CC(C)(C)C2. The van der Waals surface area contributed by atoms with E-state index in [9.17, 15) is 9.59 Å². The third kappa shape index (κ3) is 3.51. The van der Waals surface area contributed by atoms with Gasteiger partial charge in [0.05, 0.1) is 5.56 Å². The van der Waals surface area contributed by atoms with Crippen molar-refractivity contribution in [3.05, 3.63) is 52.5 Å². The summed E-state index contributed by atoms with van der Waals surface area (Å²) >= 11 is 0. The van der Waals surface area contributed by atoms with Crippen LogP contribution in [0.2, 0.25) is 0 Å². The zero-order chi connectivity index (χ0) is 18.2. The average Bonchev–Trinajstić information content (AvgIpc) is 2.85. The monoisotopic (exact) mass is 341 g/mol. The number of Topliss-reactive ketones (excluding diaryl/α,β-unsaturated/α-hetero) is 1. The molecule has 0 radical (unpaired) electrons. The maximum absolute atomic E-state index is 12.6. The van der Waals surface area contributed by atoms with Crippen LogP contribution in [0.3, 0.4) is 0 Å². The van der Waals surface area contributed by atoms with Gasteiger partial charge in [0.25, 0.3) is 5.91 Å². The number of aliphatic hydroxyl groups is 1. The van der Waals surface area contributed by atoms with Gasteiger partial charge in [-0.25, -0.2) is 0 Å². The van der Waals surface area contributed by atoms with E-state index in [-0.39, 0.29) is 29.5 Å². The van der Waals surface area contributed by atoms with Crippen LogP contribution in [0.4, 0.5) is 5.69 Å². The lowest BCUT2D eigenvalue weighted by Gasteiger charge is -2.27. The Morgan fingerprint density at radius 2 is 1.92 bits per heavy atom. The van der Waals surface area contributed by atoms with Crippen molar-refractivity contribution in [1.82, 2.24) is 0 Å². The molecule has 0 spiro atoms. The fraction of sp³-hybridized carbons (Fsp3) is 0.400. The van der Waals surface area contributed by atoms with Crippen molar-refractivity contribution >= 4 is 17.4 Å². The molecule has 2 aromatic rings. The number of ketones is 1. The Kier molecular flexibility index (Phi) is 4.52. The number of fused-ring (bicyclic) bond motifs is 1. The smallest absolute Gasteiger partial charge is 0.291 e. The van der Waals surface area contributed by atoms with Gasteiger partial charge in [0, 0.05) is 30.7 Å². The maximum Gasteiger partial charge on any atom is 0.291 e. The predicted octanol–water partition coefficient (Wildman–Crippen LogP) is 3.53. The Bertz CT molecular complexity index is 815. The predicted molar refractivity (Wildman–Crippen MR) is 95.1 cm³/mol. The highest BCUT2D eigenvalue weighted by Crippen LogP contribution is 2.38. The minimum Gasteiger partial charge on any atom is -0.455 e. The van der Waals surface area contributed by atoms with E-state index in [0.29, 0.717) is 41.8 Å². The van der Waals surface area contributed by atoms with Gasteiger partial charge in [-0.2, -0.15) is 0 Å². The van der Waals surface area contributed by atoms with Crippen molar-refractivity contribution in [2.45, 2.75) is 40.0 Å². The highest BCUT2D eigenvalue weighted by molar-refractivity contribution is 6.07. The number of nitrogens with one attached hydrogen (secondary N) is 1. The number of carbonyl (C=O) groups is 2. The molecule has 1 amide bonds. The first-order valence-electron chi connectivity index (χ1n) is 8.47. The van der Waals surface area contributed by atoms with Crippen molar-refractivity contribution in [2.75, 3.05) is 11.9 Å². The summed E-state index contributed by atoms with van der Waals surface area (Å²) in [6, 6.07) is 7.29. The van der Waals surface area contributed by atoms with Crippen LogP contribution in [0.25, 0.3) is 0 Å². The first-order valence-corrected chi connectivity index (χ1v) is 8.47. The van der Waals surface area contributed by atoms with Gasteiger partial charge in [-0.15, -0.1) is 0 Å². The van der Waals surface area contributed by atoms with E-state index in [1.807, 2.05) is 26.0 Å². The Labute approximate surface area is 147 Å². The molecule has 0 saturated heterocycles. The minimum absolute atomic E-state index is 0.0416. The van der Waals surface area contributed by atoms with Crippen molar-refractivity contribution < 1.29 is 19.1 Å². The lowest BCUT2D eigenvalue weighted by molar-refractivity contribution is 0.0898. The molecule has 0 bridgehead atoms. The standard InChI is InChI=1S/C20H23NO4/c1-12-17-15(23)10-20(2,3)11-16(17)25-18(12)19(24)21-14-6-4-13(5-7-14)8-9-22/h4-7,22H,8-11H2,1-3H3,(H,21,24). The van der Waals surface area contributed by atoms with Gasteiger partial charge in [-0.1, -0.05) is 26.0 Å². The molecule has 1 aromatic carbocycles. The molecule has 132 valence electrons. The maximum atomic E-state index is 12.6. The summed E-state index contributed by atoms with van der Waals surface area (Å²) in [6.45, 7) is 5.91. The summed E-state index contributed by atoms with van der Waals surface area (Å²) in [5, 5.41) is 11.7. The molecule has 2 N–H and O–H groups in total. The molecule has 1 aliphatic carbocycles. The number of rotatable bonds is 4. The number of amides is 1. The largest absolute Gasteiger partial charge is 0.455 e. The van der Waals surface area contributed by atoms with E-state index < -0.39 is 0 Å². The number of carbonyl (C=O) groups excluding carboxylic acids is 2. The molecule has 5 heteroatoms. The van der Waals surface area contributed by atoms with Crippen LogP contribution in [-0.2, 0) is 12.8 Å². The minimum atomic E-state index is -0.354. The first-order chi connectivity index (χ1) is 11.8. The van der Waals surface area contributed by atoms with E-state index in [1.54, 1.807) is 19.1 Å². The molecule has 0 aliphatic heterocycles. The molecule has 1 aromatic heterocycles. The lowest BCUT2D eigenvalue weighted by Crippen LogP contribution is -2.26. The number of aliphatic hydroxyl groups excluding tert-OH is 1. The van der Waals surface area contributed by atoms with E-state index in [1.165, 1.54) is 0 Å². The molecule has 0 saturated carbocycles. The van der Waals surface area contributed by atoms with E-state index in [4.69, 9.17) is 9.52 Å². The van der Waals surface area contributed by atoms with Crippen molar-refractivity contribution in [3.63, 3.8) is 0 Å². The third-order valence-corrected chi connectivity index (χ3v) is 4.60. The van der Waals surface area contributed by atoms with Gasteiger partial charge in [-0.3, -0.25) is 9.59 Å². The van der Waals surface area contributed by atoms with E-state index in [2.05, 4.69) is 5.32 Å². The van der Waals surface area contributed by atoms with Gasteiger partial charge in [0.1, 0.15) is 5.76 Å². The quantitative estimate of drug-likeness (QED) is 0.891. The second-order valence-electron chi connectivity index (χ2n) is 7.42. The molecule has 25 heavy (non-hydrogen) atoms. The second kappa shape index (κ2) is 6.48. The Morgan fingerprint density at radius 1 is 1.24 bits per heavy atom. The summed E-state index contributed by atoms with van der Waals surface area (Å²) in [5.41, 5.74) is 2.68. The number of hydrogen-bond acceptors (Lipinski definition) is 4. The summed E-state index contributed by atoms with van der Waals surface area (Å²) in [7, 11) is 0. The van der Waals surface area contributed by atoms with E-state index in [0.717, 1.165) is 5.56 Å². The Morgan fingerprint density at radius 3 is 2.56 bits per heavy atom. The molecule has 3 rings (SSSR count). The van der Waals surface area contributed by atoms with Gasteiger partial charge >= 0.3 is 0 Å². The zero-order valence-corrected chi connectivity index (χ0v) is 14.8. The molecular formula is C20H23NO4. The van der Waals surface area contributed by atoms with Crippen LogP contribution in [0.5, 0.6) is 0 Å². The van der Waals surface area contributed by atoms with Crippen LogP contribution in [-0.4, -0.2) is 23.4 Å². The van der Waals surface area contributed by atoms with Crippen LogP contribution >= 0.6 is 0 Å². The second-order valence-corrected chi connectivity index (χ2v) is 7.42. The van der Waals surface area contributed by atoms with Crippen molar-refractivity contribution in [1.29, 1.82) is 0 Å². The molecule has 5 nitrogen and oxygen atoms in total. The summed E-state index contributed by atoms with van der Waals surface area (Å²) in [4.78, 5) is 25.0. The number of benzene rings is 1. The van der Waals surface area contributed by atoms with E-state index >= 15 is 0 Å². The highest BCUT2D eigenvalue weighted by Gasteiger charge is 2.37. The normalized spacial score (nSPS) is 15.8. The lowest BCUT2D eigenvalue weighted by atomic mass is 9.76. The summed E-state index contributed by atoms with van der Waals surface area (Å²) in [6.07, 6.45) is 1.70. The molecular weight excluding hydrogens is 318 g/mol. The molecule has 1 aliphatic rings. The van der Waals surface area contributed by atoms with Crippen molar-refractivity contribution in [3.8, 4) is 0 Å². The molecule has 0 atom stereocenters. The summed E-state index contributed by atoms with van der Waals surface area (Å²) < 4.78 is 5.77. The average molecular weight is 341 g/mol. The molecule has 0 fully saturated rings. The fourth-order valence-corrected chi connectivity index (χ4v) is 3.37. The van der Waals surface area contributed by atoms with Gasteiger partial charge < -0.3 is 14.8 Å². The first kappa shape index (κ1) is 17.4. The van der Waals surface area contributed by atoms with Crippen LogP contribution in [0.1, 0.15) is 58.1 Å². The number of furan rings is 1. The fourth-order valence-electron chi connectivity index (χ4n) is 3.37.